The van der Waals surface area contributed by atoms with Crippen molar-refractivity contribution in [2.75, 3.05) is 39.6 Å². The quantitative estimate of drug-likeness (QED) is 0.0779. The molecule has 0 fully saturated rings. The van der Waals surface area contributed by atoms with E-state index in [0.717, 1.165) is 47.7 Å². The van der Waals surface area contributed by atoms with E-state index in [2.05, 4.69) is 11.4 Å². The first-order chi connectivity index (χ1) is 22.1. The van der Waals surface area contributed by atoms with Crippen LogP contribution in [0, 0.1) is 0 Å². The number of aromatic carboxylic acids is 1. The molecule has 0 aromatic heterocycles. The monoisotopic (exact) mass is 624 g/mol. The van der Waals surface area contributed by atoms with Crippen molar-refractivity contribution in [3.63, 3.8) is 0 Å². The molecule has 2 aromatic carbocycles. The van der Waals surface area contributed by atoms with Gasteiger partial charge in [-0.2, -0.15) is 0 Å². The Morgan fingerprint density at radius 2 is 1.80 bits per heavy atom. The Hall–Kier alpha value is -4.92. The van der Waals surface area contributed by atoms with Crippen LogP contribution in [0.25, 0.3) is 33.4 Å². The second-order valence-corrected chi connectivity index (χ2v) is 12.1. The van der Waals surface area contributed by atoms with E-state index in [1.54, 1.807) is 12.1 Å². The minimum atomic E-state index is -1.15. The number of carboxylic acids is 1. The van der Waals surface area contributed by atoms with Crippen molar-refractivity contribution < 1.29 is 28.6 Å². The van der Waals surface area contributed by atoms with Crippen LogP contribution in [-0.2, 0) is 9.53 Å². The van der Waals surface area contributed by atoms with Gasteiger partial charge < -0.3 is 24.5 Å². The number of carbonyl (C=O) groups excluding carboxylic acids is 2. The van der Waals surface area contributed by atoms with Crippen molar-refractivity contribution in [2.24, 2.45) is 0 Å². The van der Waals surface area contributed by atoms with Gasteiger partial charge in [0.2, 0.25) is 5.36 Å². The predicted molar refractivity (Wildman–Crippen MR) is 180 cm³/mol. The third-order valence-corrected chi connectivity index (χ3v) is 8.34. The largest absolute Gasteiger partial charge is 0.478 e. The zero-order valence-electron chi connectivity index (χ0n) is 27.0. The molecule has 1 aliphatic heterocycles. The number of esters is 1. The van der Waals surface area contributed by atoms with Crippen LogP contribution < -0.4 is 20.1 Å². The Morgan fingerprint density at radius 1 is 1.00 bits per heavy atom. The lowest BCUT2D eigenvalue weighted by Gasteiger charge is -2.19. The maximum absolute atomic E-state index is 13.1. The molecule has 3 aliphatic rings. The third-order valence-electron chi connectivity index (χ3n) is 8.34. The second-order valence-electron chi connectivity index (χ2n) is 12.1. The van der Waals surface area contributed by atoms with Gasteiger partial charge in [0, 0.05) is 67.0 Å². The van der Waals surface area contributed by atoms with Gasteiger partial charge >= 0.3 is 11.9 Å². The minimum absolute atomic E-state index is 0.00524. The molecule has 46 heavy (non-hydrogen) atoms. The van der Waals surface area contributed by atoms with Crippen LogP contribution in [0.5, 0.6) is 0 Å². The van der Waals surface area contributed by atoms with Gasteiger partial charge in [-0.3, -0.25) is 9.59 Å². The highest BCUT2D eigenvalue weighted by atomic mass is 16.5. The fourth-order valence-electron chi connectivity index (χ4n) is 5.79. The summed E-state index contributed by atoms with van der Waals surface area (Å²) in [4.78, 5) is 40.1. The zero-order chi connectivity index (χ0) is 32.8. The molecule has 0 bridgehead atoms. The van der Waals surface area contributed by atoms with E-state index in [1.165, 1.54) is 12.5 Å². The lowest BCUT2D eigenvalue weighted by molar-refractivity contribution is -0.147. The highest BCUT2D eigenvalue weighted by Gasteiger charge is 2.24. The molecule has 2 aliphatic carbocycles. The molecular formula is C37H42N3O6+. The van der Waals surface area contributed by atoms with Crippen molar-refractivity contribution in [3.05, 3.63) is 83.2 Å². The summed E-state index contributed by atoms with van der Waals surface area (Å²) < 4.78 is 14.0. The number of hydrogen-bond donors (Lipinski definition) is 2. The number of nitrogens with one attached hydrogen (secondary N) is 1. The number of ether oxygens (including phenoxy) is 1. The van der Waals surface area contributed by atoms with Gasteiger partial charge in [-0.05, 0) is 74.1 Å². The van der Waals surface area contributed by atoms with Gasteiger partial charge in [0.25, 0.3) is 5.91 Å². The smallest absolute Gasteiger partial charge is 0.336 e. The summed E-state index contributed by atoms with van der Waals surface area (Å²) in [5, 5.41) is 14.9. The summed E-state index contributed by atoms with van der Waals surface area (Å²) in [5.41, 5.74) is 3.75. The topological polar surface area (TPSA) is 112 Å². The van der Waals surface area contributed by atoms with E-state index >= 15 is 0 Å². The number of carbonyl (C=O) groups is 3. The van der Waals surface area contributed by atoms with Crippen molar-refractivity contribution >= 4 is 34.5 Å². The average Bonchev–Trinajstić information content (AvgIpc) is 3.02. The van der Waals surface area contributed by atoms with Crippen LogP contribution in [0.4, 0.5) is 5.69 Å². The number of benzene rings is 3. The summed E-state index contributed by atoms with van der Waals surface area (Å²) in [7, 11) is 7.79. The Kier molecular flexibility index (Phi) is 10.2. The summed E-state index contributed by atoms with van der Waals surface area (Å²) >= 11 is 0. The molecule has 240 valence electrons. The summed E-state index contributed by atoms with van der Waals surface area (Å²) in [6.07, 6.45) is 9.65. The molecular weight excluding hydrogens is 582 g/mol. The van der Waals surface area contributed by atoms with Gasteiger partial charge in [0.05, 0.1) is 11.6 Å². The maximum Gasteiger partial charge on any atom is 0.336 e. The van der Waals surface area contributed by atoms with Crippen molar-refractivity contribution in [1.82, 2.24) is 9.89 Å². The van der Waals surface area contributed by atoms with Crippen LogP contribution in [-0.4, -0.2) is 63.8 Å². The Labute approximate surface area is 269 Å². The standard InChI is InChI=1S/C37H41N3O6/c1-39(2)25-15-18-29-32(22-25)46-33-23-26(40(3)4)16-19-30(33)35(29)28-17-14-24(21-31(28)37(43)44)36(42)38-20-10-13-34(41)45-27-11-8-6-5-7-9-12-27/h8,11,14-19,21-23,27H,5-7,9-10,12-13,20H2,1-4H3,(H-,38,42,43,44)/p+1/b11-8+. The first-order valence-corrected chi connectivity index (χ1v) is 15.8. The molecule has 9 nitrogen and oxygen atoms in total. The van der Waals surface area contributed by atoms with Crippen LogP contribution in [0.15, 0.2) is 71.2 Å². The number of nitrogens with zero attached hydrogens (tertiary/aromatic N) is 2. The molecule has 9 heteroatoms. The van der Waals surface area contributed by atoms with E-state index in [-0.39, 0.29) is 36.2 Å². The van der Waals surface area contributed by atoms with Crippen LogP contribution >= 0.6 is 0 Å². The lowest BCUT2D eigenvalue weighted by atomic mass is 9.89. The highest BCUT2D eigenvalue weighted by molar-refractivity contribution is 6.09. The first-order valence-electron chi connectivity index (χ1n) is 15.8. The molecule has 0 saturated carbocycles. The average molecular weight is 625 g/mol. The SMILES string of the molecule is CN(C)c1ccc2c(-c3ccc(C(=O)NCCCC(=O)OC4/C=C/CCCCC4)cc3C(=O)O)c3ccc(=[N+](C)C)cc-3oc2c1. The Bertz CT molecular complexity index is 1830. The Balaban J connectivity index is 1.39. The summed E-state index contributed by atoms with van der Waals surface area (Å²) in [6.45, 7) is 0.260. The van der Waals surface area contributed by atoms with Gasteiger partial charge in [-0.1, -0.05) is 18.6 Å². The number of rotatable bonds is 9. The van der Waals surface area contributed by atoms with Crippen LogP contribution in [0.1, 0.15) is 65.7 Å². The maximum atomic E-state index is 13.1. The molecule has 1 amide bonds. The zero-order valence-corrected chi connectivity index (χ0v) is 27.0. The van der Waals surface area contributed by atoms with Gasteiger partial charge in [-0.25, -0.2) is 9.37 Å². The third kappa shape index (κ3) is 7.47. The van der Waals surface area contributed by atoms with Gasteiger partial charge in [0.1, 0.15) is 31.5 Å². The fraction of sp³-hybridized carbons (Fsp3) is 0.351. The molecule has 1 heterocycles. The number of carboxylic acid groups (broad SMARTS) is 1. The predicted octanol–water partition coefficient (Wildman–Crippen LogP) is 5.94. The van der Waals surface area contributed by atoms with E-state index in [4.69, 9.17) is 9.15 Å². The molecule has 0 saturated heterocycles. The molecule has 5 rings (SSSR count). The number of allylic oxidation sites excluding steroid dienone is 1. The van der Waals surface area contributed by atoms with Gasteiger partial charge in [0.15, 0.2) is 0 Å². The van der Waals surface area contributed by atoms with E-state index in [0.29, 0.717) is 28.9 Å². The first kappa shape index (κ1) is 32.5. The van der Waals surface area contributed by atoms with E-state index < -0.39 is 11.9 Å². The molecule has 0 spiro atoms. The number of hydrogen-bond acceptors (Lipinski definition) is 6. The fourth-order valence-corrected chi connectivity index (χ4v) is 5.79. The molecule has 1 atom stereocenters. The molecule has 1 unspecified atom stereocenters. The Morgan fingerprint density at radius 3 is 2.57 bits per heavy atom. The van der Waals surface area contributed by atoms with E-state index in [1.807, 2.05) is 80.1 Å². The number of fused-ring (bicyclic) bond motifs is 2. The molecule has 0 radical (unpaired) electrons. The summed E-state index contributed by atoms with van der Waals surface area (Å²) in [6, 6.07) is 16.4. The molecule has 2 aromatic rings. The van der Waals surface area contributed by atoms with Crippen molar-refractivity contribution in [1.29, 1.82) is 0 Å². The summed E-state index contributed by atoms with van der Waals surface area (Å²) in [5.74, 6) is -1.22. The highest BCUT2D eigenvalue weighted by Crippen LogP contribution is 2.42. The number of amides is 1. The van der Waals surface area contributed by atoms with E-state index in [9.17, 15) is 19.5 Å². The normalized spacial score (nSPS) is 15.5. The molecule has 2 N–H and O–H groups in total. The second kappa shape index (κ2) is 14.5. The lowest BCUT2D eigenvalue weighted by Crippen LogP contribution is -2.26. The van der Waals surface area contributed by atoms with Crippen LogP contribution in [0.3, 0.4) is 0 Å². The number of anilines is 1. The minimum Gasteiger partial charge on any atom is -0.478 e. The van der Waals surface area contributed by atoms with Gasteiger partial charge in [-0.15, -0.1) is 0 Å². The van der Waals surface area contributed by atoms with Crippen molar-refractivity contribution in [2.45, 2.75) is 51.0 Å². The van der Waals surface area contributed by atoms with Crippen molar-refractivity contribution in [3.8, 4) is 22.5 Å². The van der Waals surface area contributed by atoms with Crippen LogP contribution in [0.2, 0.25) is 0 Å².